The first-order chi connectivity index (χ1) is 11.7. The van der Waals surface area contributed by atoms with Gasteiger partial charge < -0.3 is 19.7 Å². The zero-order valence-electron chi connectivity index (χ0n) is 13.6. The summed E-state index contributed by atoms with van der Waals surface area (Å²) in [6.07, 6.45) is 3.57. The molecule has 2 amide bonds. The van der Waals surface area contributed by atoms with E-state index in [1.54, 1.807) is 17.3 Å². The highest BCUT2D eigenvalue weighted by atomic mass is 16.5. The van der Waals surface area contributed by atoms with Crippen LogP contribution in [0.25, 0.3) is 0 Å². The van der Waals surface area contributed by atoms with Crippen molar-refractivity contribution in [2.45, 2.75) is 19.6 Å². The summed E-state index contributed by atoms with van der Waals surface area (Å²) in [5, 5.41) is 2.91. The third kappa shape index (κ3) is 4.45. The van der Waals surface area contributed by atoms with Crippen molar-refractivity contribution < 1.29 is 14.3 Å². The Morgan fingerprint density at radius 1 is 1.42 bits per heavy atom. The lowest BCUT2D eigenvalue weighted by molar-refractivity contribution is -0.00138. The summed E-state index contributed by atoms with van der Waals surface area (Å²) < 4.78 is 11.2. The van der Waals surface area contributed by atoms with Crippen molar-refractivity contribution in [3.63, 3.8) is 0 Å². The van der Waals surface area contributed by atoms with E-state index in [0.717, 1.165) is 5.56 Å². The highest BCUT2D eigenvalue weighted by molar-refractivity contribution is 5.89. The molecule has 0 bridgehead atoms. The van der Waals surface area contributed by atoms with Crippen molar-refractivity contribution in [2.24, 2.45) is 0 Å². The van der Waals surface area contributed by atoms with Crippen LogP contribution in [0, 0.1) is 0 Å². The lowest BCUT2D eigenvalue weighted by atomic mass is 10.3. The number of anilines is 1. The van der Waals surface area contributed by atoms with Gasteiger partial charge in [-0.3, -0.25) is 4.98 Å². The molecule has 0 unspecified atom stereocenters. The maximum Gasteiger partial charge on any atom is 0.322 e. The standard InChI is InChI=1S/C18H21N3O3/c1-14-12-21(8-9-23-14)18(22)20-16-5-2-6-17(10-16)24-13-15-4-3-7-19-11-15/h2-7,10-11,14H,8-9,12-13H2,1H3,(H,20,22)/t14-/m0/s1. The highest BCUT2D eigenvalue weighted by Gasteiger charge is 2.21. The number of hydrogen-bond donors (Lipinski definition) is 1. The van der Waals surface area contributed by atoms with Crippen LogP contribution in [0.4, 0.5) is 10.5 Å². The molecule has 1 atom stereocenters. The largest absolute Gasteiger partial charge is 0.489 e. The van der Waals surface area contributed by atoms with Gasteiger partial charge in [0.25, 0.3) is 0 Å². The van der Waals surface area contributed by atoms with Gasteiger partial charge in [0.2, 0.25) is 0 Å². The maximum atomic E-state index is 12.3. The average molecular weight is 327 g/mol. The molecule has 1 aliphatic rings. The molecule has 2 aromatic rings. The molecule has 0 aliphatic carbocycles. The van der Waals surface area contributed by atoms with Crippen LogP contribution in [0.1, 0.15) is 12.5 Å². The fourth-order valence-corrected chi connectivity index (χ4v) is 2.52. The Morgan fingerprint density at radius 2 is 2.33 bits per heavy atom. The normalized spacial score (nSPS) is 17.4. The lowest BCUT2D eigenvalue weighted by Crippen LogP contribution is -2.46. The first-order valence-corrected chi connectivity index (χ1v) is 8.00. The number of aromatic nitrogens is 1. The zero-order valence-corrected chi connectivity index (χ0v) is 13.6. The Bertz CT molecular complexity index is 678. The SMILES string of the molecule is C[C@H]1CN(C(=O)Nc2cccc(OCc3cccnc3)c2)CCO1. The number of rotatable bonds is 4. The van der Waals surface area contributed by atoms with Gasteiger partial charge in [0, 0.05) is 42.8 Å². The molecular formula is C18H21N3O3. The molecule has 1 saturated heterocycles. The molecule has 6 nitrogen and oxygen atoms in total. The minimum atomic E-state index is -0.116. The Balaban J connectivity index is 1.57. The van der Waals surface area contributed by atoms with E-state index in [-0.39, 0.29) is 12.1 Å². The average Bonchev–Trinajstić information content (AvgIpc) is 2.61. The van der Waals surface area contributed by atoms with Crippen LogP contribution < -0.4 is 10.1 Å². The molecular weight excluding hydrogens is 306 g/mol. The molecule has 1 N–H and O–H groups in total. The second kappa shape index (κ2) is 7.79. The maximum absolute atomic E-state index is 12.3. The second-order valence-corrected chi connectivity index (χ2v) is 5.74. The van der Waals surface area contributed by atoms with Crippen LogP contribution >= 0.6 is 0 Å². The first-order valence-electron chi connectivity index (χ1n) is 8.00. The van der Waals surface area contributed by atoms with E-state index in [2.05, 4.69) is 10.3 Å². The zero-order chi connectivity index (χ0) is 16.8. The number of ether oxygens (including phenoxy) is 2. The van der Waals surface area contributed by atoms with Crippen LogP contribution in [0.15, 0.2) is 48.8 Å². The van der Waals surface area contributed by atoms with Crippen molar-refractivity contribution in [3.8, 4) is 5.75 Å². The number of carbonyl (C=O) groups excluding carboxylic acids is 1. The van der Waals surface area contributed by atoms with Gasteiger partial charge in [-0.2, -0.15) is 0 Å². The number of carbonyl (C=O) groups is 1. The van der Waals surface area contributed by atoms with E-state index in [1.165, 1.54) is 0 Å². The van der Waals surface area contributed by atoms with Gasteiger partial charge >= 0.3 is 6.03 Å². The summed E-state index contributed by atoms with van der Waals surface area (Å²) in [5.41, 5.74) is 1.71. The molecule has 3 rings (SSSR count). The van der Waals surface area contributed by atoms with Gasteiger partial charge in [-0.25, -0.2) is 4.79 Å². The van der Waals surface area contributed by atoms with Crippen LogP contribution in [0.2, 0.25) is 0 Å². The fourth-order valence-electron chi connectivity index (χ4n) is 2.52. The Labute approximate surface area is 141 Å². The Hall–Kier alpha value is -2.60. The Morgan fingerprint density at radius 3 is 3.12 bits per heavy atom. The number of hydrogen-bond acceptors (Lipinski definition) is 4. The summed E-state index contributed by atoms with van der Waals surface area (Å²) in [5.74, 6) is 0.701. The summed E-state index contributed by atoms with van der Waals surface area (Å²) in [4.78, 5) is 18.1. The van der Waals surface area contributed by atoms with E-state index in [0.29, 0.717) is 37.7 Å². The molecule has 0 radical (unpaired) electrons. The summed E-state index contributed by atoms with van der Waals surface area (Å²) in [6.45, 7) is 4.18. The summed E-state index contributed by atoms with van der Waals surface area (Å²) in [6, 6.07) is 11.1. The van der Waals surface area contributed by atoms with Gasteiger partial charge in [0.1, 0.15) is 12.4 Å². The molecule has 126 valence electrons. The fraction of sp³-hybridized carbons (Fsp3) is 0.333. The minimum Gasteiger partial charge on any atom is -0.489 e. The number of nitrogens with one attached hydrogen (secondary N) is 1. The predicted molar refractivity (Wildman–Crippen MR) is 91.0 cm³/mol. The lowest BCUT2D eigenvalue weighted by Gasteiger charge is -2.31. The molecule has 2 heterocycles. The monoisotopic (exact) mass is 327 g/mol. The van der Waals surface area contributed by atoms with Crippen molar-refractivity contribution in [3.05, 3.63) is 54.4 Å². The van der Waals surface area contributed by atoms with Gasteiger partial charge in [0.05, 0.1) is 12.7 Å². The van der Waals surface area contributed by atoms with Crippen LogP contribution in [0.5, 0.6) is 5.75 Å². The van der Waals surface area contributed by atoms with E-state index >= 15 is 0 Å². The third-order valence-corrected chi connectivity index (χ3v) is 3.74. The van der Waals surface area contributed by atoms with E-state index < -0.39 is 0 Å². The topological polar surface area (TPSA) is 63.7 Å². The van der Waals surface area contributed by atoms with Gasteiger partial charge in [0.15, 0.2) is 0 Å². The van der Waals surface area contributed by atoms with Crippen molar-refractivity contribution >= 4 is 11.7 Å². The van der Waals surface area contributed by atoms with Crippen LogP contribution in [-0.2, 0) is 11.3 Å². The quantitative estimate of drug-likeness (QED) is 0.938. The molecule has 6 heteroatoms. The number of benzene rings is 1. The first kappa shape index (κ1) is 16.3. The second-order valence-electron chi connectivity index (χ2n) is 5.74. The Kier molecular flexibility index (Phi) is 5.28. The van der Waals surface area contributed by atoms with Crippen LogP contribution in [-0.4, -0.2) is 41.7 Å². The number of nitrogens with zero attached hydrogens (tertiary/aromatic N) is 2. The molecule has 1 aromatic heterocycles. The number of amides is 2. The number of urea groups is 1. The summed E-state index contributed by atoms with van der Waals surface area (Å²) >= 11 is 0. The van der Waals surface area contributed by atoms with Crippen molar-refractivity contribution in [1.82, 2.24) is 9.88 Å². The highest BCUT2D eigenvalue weighted by Crippen LogP contribution is 2.19. The molecule has 0 spiro atoms. The van der Waals surface area contributed by atoms with E-state index in [4.69, 9.17) is 9.47 Å². The molecule has 1 aromatic carbocycles. The molecule has 1 fully saturated rings. The van der Waals surface area contributed by atoms with Crippen LogP contribution in [0.3, 0.4) is 0 Å². The predicted octanol–water partition coefficient (Wildman–Crippen LogP) is 2.91. The van der Waals surface area contributed by atoms with Crippen molar-refractivity contribution in [1.29, 1.82) is 0 Å². The summed E-state index contributed by atoms with van der Waals surface area (Å²) in [7, 11) is 0. The van der Waals surface area contributed by atoms with Gasteiger partial charge in [-0.1, -0.05) is 12.1 Å². The smallest absolute Gasteiger partial charge is 0.322 e. The number of pyridine rings is 1. The van der Waals surface area contributed by atoms with Gasteiger partial charge in [-0.15, -0.1) is 0 Å². The molecule has 0 saturated carbocycles. The minimum absolute atomic E-state index is 0.0682. The van der Waals surface area contributed by atoms with E-state index in [1.807, 2.05) is 43.3 Å². The third-order valence-electron chi connectivity index (χ3n) is 3.74. The van der Waals surface area contributed by atoms with Crippen molar-refractivity contribution in [2.75, 3.05) is 25.0 Å². The van der Waals surface area contributed by atoms with E-state index in [9.17, 15) is 4.79 Å². The molecule has 24 heavy (non-hydrogen) atoms. The van der Waals surface area contributed by atoms with Gasteiger partial charge in [-0.05, 0) is 25.1 Å². The number of morpholine rings is 1. The molecule has 1 aliphatic heterocycles.